The highest BCUT2D eigenvalue weighted by atomic mass is 16.5. The maximum absolute atomic E-state index is 12.8. The van der Waals surface area contributed by atoms with Crippen LogP contribution >= 0.6 is 0 Å². The Morgan fingerprint density at radius 2 is 1.76 bits per heavy atom. The highest BCUT2D eigenvalue weighted by molar-refractivity contribution is 5.87. The standard InChI is InChI=1S/C22H28O3/c1-3-25-22(23)21(17-8-6-4-5-7-9-17)18-11-10-16-12-13-20(24-2)15-19(16)14-18/h10-15,17,21H,3-9H2,1-2H3. The number of carbonyl (C=O) groups is 1. The van der Waals surface area contributed by atoms with Gasteiger partial charge in [0.25, 0.3) is 0 Å². The molecule has 1 aliphatic rings. The first kappa shape index (κ1) is 17.8. The molecule has 25 heavy (non-hydrogen) atoms. The zero-order chi connectivity index (χ0) is 17.6. The Hall–Kier alpha value is -2.03. The molecule has 0 aliphatic heterocycles. The fraction of sp³-hybridized carbons (Fsp3) is 0.500. The Kier molecular flexibility index (Phi) is 5.95. The van der Waals surface area contributed by atoms with Gasteiger partial charge in [-0.3, -0.25) is 4.79 Å². The topological polar surface area (TPSA) is 35.5 Å². The molecule has 0 radical (unpaired) electrons. The summed E-state index contributed by atoms with van der Waals surface area (Å²) in [7, 11) is 1.68. The van der Waals surface area contributed by atoms with E-state index in [1.807, 2.05) is 19.1 Å². The van der Waals surface area contributed by atoms with E-state index in [9.17, 15) is 4.79 Å². The average molecular weight is 340 g/mol. The van der Waals surface area contributed by atoms with Gasteiger partial charge in [0.2, 0.25) is 0 Å². The molecule has 0 heterocycles. The normalized spacial score (nSPS) is 17.0. The van der Waals surface area contributed by atoms with Crippen molar-refractivity contribution in [3.05, 3.63) is 42.0 Å². The SMILES string of the molecule is CCOC(=O)C(c1ccc2ccc(OC)cc2c1)C1CCCCCC1. The van der Waals surface area contributed by atoms with Crippen molar-refractivity contribution in [2.75, 3.05) is 13.7 Å². The summed E-state index contributed by atoms with van der Waals surface area (Å²) in [5.41, 5.74) is 1.08. The van der Waals surface area contributed by atoms with Crippen molar-refractivity contribution in [2.45, 2.75) is 51.4 Å². The Labute approximate surface area is 150 Å². The summed E-state index contributed by atoms with van der Waals surface area (Å²) in [4.78, 5) is 12.8. The molecule has 1 fully saturated rings. The molecule has 0 aromatic heterocycles. The molecule has 0 bridgehead atoms. The number of carbonyl (C=O) groups excluding carboxylic acids is 1. The van der Waals surface area contributed by atoms with Crippen molar-refractivity contribution in [1.82, 2.24) is 0 Å². The fourth-order valence-corrected chi connectivity index (χ4v) is 4.04. The molecule has 1 unspecified atom stereocenters. The average Bonchev–Trinajstić information content (AvgIpc) is 2.91. The fourth-order valence-electron chi connectivity index (χ4n) is 4.04. The van der Waals surface area contributed by atoms with Crippen molar-refractivity contribution in [1.29, 1.82) is 0 Å². The molecular weight excluding hydrogens is 312 g/mol. The molecule has 0 saturated heterocycles. The van der Waals surface area contributed by atoms with Gasteiger partial charge in [0.05, 0.1) is 19.6 Å². The molecule has 3 rings (SSSR count). The maximum atomic E-state index is 12.8. The number of hydrogen-bond donors (Lipinski definition) is 0. The van der Waals surface area contributed by atoms with E-state index in [2.05, 4.69) is 24.3 Å². The number of rotatable bonds is 5. The lowest BCUT2D eigenvalue weighted by atomic mass is 9.81. The van der Waals surface area contributed by atoms with Crippen LogP contribution in [0, 0.1) is 5.92 Å². The lowest BCUT2D eigenvalue weighted by Crippen LogP contribution is -2.24. The number of benzene rings is 2. The number of hydrogen-bond acceptors (Lipinski definition) is 3. The number of fused-ring (bicyclic) bond motifs is 1. The van der Waals surface area contributed by atoms with Crippen LogP contribution in [0.5, 0.6) is 5.75 Å². The molecule has 1 atom stereocenters. The molecule has 1 saturated carbocycles. The van der Waals surface area contributed by atoms with Gasteiger partial charge in [0, 0.05) is 0 Å². The molecular formula is C22H28O3. The van der Waals surface area contributed by atoms with E-state index < -0.39 is 0 Å². The van der Waals surface area contributed by atoms with Crippen LogP contribution in [-0.2, 0) is 9.53 Å². The molecule has 2 aromatic carbocycles. The zero-order valence-corrected chi connectivity index (χ0v) is 15.3. The van der Waals surface area contributed by atoms with Crippen molar-refractivity contribution < 1.29 is 14.3 Å². The predicted octanol–water partition coefficient (Wildman–Crippen LogP) is 5.47. The summed E-state index contributed by atoms with van der Waals surface area (Å²) in [6.07, 6.45) is 7.20. The summed E-state index contributed by atoms with van der Waals surface area (Å²) in [6.45, 7) is 2.32. The highest BCUT2D eigenvalue weighted by Crippen LogP contribution is 2.37. The van der Waals surface area contributed by atoms with Gasteiger partial charge in [-0.25, -0.2) is 0 Å². The van der Waals surface area contributed by atoms with Crippen LogP contribution in [0.25, 0.3) is 10.8 Å². The molecule has 1 aliphatic carbocycles. The monoisotopic (exact) mass is 340 g/mol. The van der Waals surface area contributed by atoms with Crippen LogP contribution in [0.2, 0.25) is 0 Å². The minimum Gasteiger partial charge on any atom is -0.497 e. The first-order valence-electron chi connectivity index (χ1n) is 9.47. The van der Waals surface area contributed by atoms with E-state index in [0.717, 1.165) is 34.9 Å². The van der Waals surface area contributed by atoms with E-state index in [4.69, 9.17) is 9.47 Å². The van der Waals surface area contributed by atoms with Crippen molar-refractivity contribution >= 4 is 16.7 Å². The largest absolute Gasteiger partial charge is 0.497 e. The molecule has 0 N–H and O–H groups in total. The van der Waals surface area contributed by atoms with Gasteiger partial charge in [-0.2, -0.15) is 0 Å². The van der Waals surface area contributed by atoms with E-state index in [1.165, 1.54) is 25.7 Å². The third-order valence-corrected chi connectivity index (χ3v) is 5.34. The quantitative estimate of drug-likeness (QED) is 0.535. The van der Waals surface area contributed by atoms with E-state index in [0.29, 0.717) is 12.5 Å². The Morgan fingerprint density at radius 3 is 2.44 bits per heavy atom. The third-order valence-electron chi connectivity index (χ3n) is 5.34. The van der Waals surface area contributed by atoms with Crippen LogP contribution in [0.3, 0.4) is 0 Å². The van der Waals surface area contributed by atoms with Gasteiger partial charge in [-0.15, -0.1) is 0 Å². The van der Waals surface area contributed by atoms with Crippen molar-refractivity contribution in [3.8, 4) is 5.75 Å². The van der Waals surface area contributed by atoms with Crippen LogP contribution in [-0.4, -0.2) is 19.7 Å². The van der Waals surface area contributed by atoms with E-state index in [1.54, 1.807) is 7.11 Å². The summed E-state index contributed by atoms with van der Waals surface area (Å²) in [5, 5.41) is 2.27. The first-order chi connectivity index (χ1) is 12.2. The van der Waals surface area contributed by atoms with Crippen molar-refractivity contribution in [3.63, 3.8) is 0 Å². The van der Waals surface area contributed by atoms with Gasteiger partial charge >= 0.3 is 5.97 Å². The van der Waals surface area contributed by atoms with Crippen molar-refractivity contribution in [2.24, 2.45) is 5.92 Å². The van der Waals surface area contributed by atoms with Gasteiger partial charge in [0.1, 0.15) is 5.75 Å². The van der Waals surface area contributed by atoms with Crippen LogP contribution in [0.1, 0.15) is 56.9 Å². The molecule has 2 aromatic rings. The van der Waals surface area contributed by atoms with Gasteiger partial charge in [-0.05, 0) is 54.2 Å². The van der Waals surface area contributed by atoms with Gasteiger partial charge < -0.3 is 9.47 Å². The second kappa shape index (κ2) is 8.37. The molecule has 3 nitrogen and oxygen atoms in total. The third kappa shape index (κ3) is 4.15. The number of methoxy groups -OCH3 is 1. The highest BCUT2D eigenvalue weighted by Gasteiger charge is 2.31. The summed E-state index contributed by atoms with van der Waals surface area (Å²) < 4.78 is 10.8. The summed E-state index contributed by atoms with van der Waals surface area (Å²) in [5.74, 6) is 0.988. The lowest BCUT2D eigenvalue weighted by molar-refractivity contribution is -0.146. The summed E-state index contributed by atoms with van der Waals surface area (Å²) in [6, 6.07) is 12.4. The lowest BCUT2D eigenvalue weighted by Gasteiger charge is -2.25. The smallest absolute Gasteiger partial charge is 0.313 e. The Balaban J connectivity index is 1.98. The van der Waals surface area contributed by atoms with Crippen LogP contribution in [0.4, 0.5) is 0 Å². The second-order valence-electron chi connectivity index (χ2n) is 6.95. The van der Waals surface area contributed by atoms with Gasteiger partial charge in [0.15, 0.2) is 0 Å². The minimum absolute atomic E-state index is 0.0725. The molecule has 0 amide bonds. The molecule has 134 valence electrons. The van der Waals surface area contributed by atoms with Crippen LogP contribution < -0.4 is 4.74 Å². The number of ether oxygens (including phenoxy) is 2. The maximum Gasteiger partial charge on any atom is 0.313 e. The Morgan fingerprint density at radius 1 is 1.04 bits per heavy atom. The molecule has 0 spiro atoms. The Bertz CT molecular complexity index is 714. The van der Waals surface area contributed by atoms with Crippen LogP contribution in [0.15, 0.2) is 36.4 Å². The summed E-state index contributed by atoms with van der Waals surface area (Å²) >= 11 is 0. The predicted molar refractivity (Wildman–Crippen MR) is 101 cm³/mol. The minimum atomic E-state index is -0.159. The van der Waals surface area contributed by atoms with E-state index in [-0.39, 0.29) is 11.9 Å². The van der Waals surface area contributed by atoms with Gasteiger partial charge in [-0.1, -0.05) is 49.9 Å². The zero-order valence-electron chi connectivity index (χ0n) is 15.3. The first-order valence-corrected chi connectivity index (χ1v) is 9.47. The van der Waals surface area contributed by atoms with E-state index >= 15 is 0 Å². The molecule has 3 heteroatoms. The number of esters is 1. The second-order valence-corrected chi connectivity index (χ2v) is 6.95.